The fourth-order valence-electron chi connectivity index (χ4n) is 3.72. The first kappa shape index (κ1) is 19.3. The number of fused-ring (bicyclic) bond motifs is 1. The molecule has 0 radical (unpaired) electrons. The van der Waals surface area contributed by atoms with Crippen LogP contribution in [0.5, 0.6) is 0 Å². The molecule has 4 aromatic rings. The molecule has 0 aliphatic rings. The van der Waals surface area contributed by atoms with Crippen molar-refractivity contribution in [3.05, 3.63) is 96.1 Å². The van der Waals surface area contributed by atoms with Crippen LogP contribution in [-0.4, -0.2) is 0 Å². The Morgan fingerprint density at radius 2 is 1.07 bits per heavy atom. The van der Waals surface area contributed by atoms with Gasteiger partial charge < -0.3 is 0 Å². The lowest BCUT2D eigenvalue weighted by atomic mass is 9.97. The van der Waals surface area contributed by atoms with Crippen LogP contribution >= 0.6 is 0 Å². The Kier molecular flexibility index (Phi) is 5.71. The van der Waals surface area contributed by atoms with Crippen LogP contribution in [0.4, 0.5) is 8.78 Å². The van der Waals surface area contributed by atoms with Gasteiger partial charge in [0.25, 0.3) is 0 Å². The van der Waals surface area contributed by atoms with Gasteiger partial charge >= 0.3 is 0 Å². The van der Waals surface area contributed by atoms with Crippen molar-refractivity contribution >= 4 is 10.8 Å². The third-order valence-electron chi connectivity index (χ3n) is 5.45. The van der Waals surface area contributed by atoms with Gasteiger partial charge in [-0.05, 0) is 69.6 Å². The van der Waals surface area contributed by atoms with Crippen LogP contribution in [0.2, 0.25) is 0 Å². The number of rotatable bonds is 6. The summed E-state index contributed by atoms with van der Waals surface area (Å²) in [5.74, 6) is -1.63. The lowest BCUT2D eigenvalue weighted by Gasteiger charge is -2.08. The highest BCUT2D eigenvalue weighted by atomic mass is 19.2. The standard InChI is InChI=1S/C27H24F2/c1-2-3-4-5-19-6-8-20(9-7-19)21-10-12-22(13-11-21)23-14-15-24-17-26(28)27(29)18-25(24)16-23/h6-18H,2-5H2,1H3. The van der Waals surface area contributed by atoms with Gasteiger partial charge in [0.1, 0.15) is 0 Å². The minimum absolute atomic E-state index is 0.697. The molecule has 4 aromatic carbocycles. The van der Waals surface area contributed by atoms with Gasteiger partial charge in [-0.25, -0.2) is 8.78 Å². The van der Waals surface area contributed by atoms with Crippen LogP contribution in [0.3, 0.4) is 0 Å². The van der Waals surface area contributed by atoms with Gasteiger partial charge in [-0.1, -0.05) is 80.4 Å². The van der Waals surface area contributed by atoms with Crippen LogP contribution in [0.15, 0.2) is 78.9 Å². The lowest BCUT2D eigenvalue weighted by molar-refractivity contribution is 0.511. The molecule has 0 spiro atoms. The molecule has 0 heterocycles. The molecule has 0 bridgehead atoms. The molecule has 0 saturated heterocycles. The molecule has 0 saturated carbocycles. The average Bonchev–Trinajstić information content (AvgIpc) is 2.75. The topological polar surface area (TPSA) is 0 Å². The second-order valence-electron chi connectivity index (χ2n) is 7.56. The highest BCUT2D eigenvalue weighted by Gasteiger charge is 2.06. The highest BCUT2D eigenvalue weighted by molar-refractivity contribution is 5.87. The van der Waals surface area contributed by atoms with Crippen LogP contribution in [-0.2, 0) is 6.42 Å². The Labute approximate surface area is 170 Å². The molecule has 0 fully saturated rings. The predicted molar refractivity (Wildman–Crippen MR) is 118 cm³/mol. The van der Waals surface area contributed by atoms with Gasteiger partial charge in [0.2, 0.25) is 0 Å². The van der Waals surface area contributed by atoms with Crippen molar-refractivity contribution < 1.29 is 8.78 Å². The third kappa shape index (κ3) is 4.37. The molecule has 29 heavy (non-hydrogen) atoms. The Hall–Kier alpha value is -3.00. The summed E-state index contributed by atoms with van der Waals surface area (Å²) in [6, 6.07) is 25.3. The van der Waals surface area contributed by atoms with Crippen molar-refractivity contribution in [1.29, 1.82) is 0 Å². The normalized spacial score (nSPS) is 11.1. The van der Waals surface area contributed by atoms with Gasteiger partial charge in [0.05, 0.1) is 0 Å². The van der Waals surface area contributed by atoms with Crippen molar-refractivity contribution in [3.8, 4) is 22.3 Å². The molecule has 0 atom stereocenters. The number of aryl methyl sites for hydroxylation is 1. The van der Waals surface area contributed by atoms with E-state index in [2.05, 4.69) is 55.5 Å². The summed E-state index contributed by atoms with van der Waals surface area (Å²) in [5, 5.41) is 1.40. The molecule has 146 valence electrons. The van der Waals surface area contributed by atoms with Gasteiger partial charge in [-0.3, -0.25) is 0 Å². The Morgan fingerprint density at radius 3 is 1.69 bits per heavy atom. The monoisotopic (exact) mass is 386 g/mol. The van der Waals surface area contributed by atoms with Gasteiger partial charge in [-0.2, -0.15) is 0 Å². The van der Waals surface area contributed by atoms with E-state index < -0.39 is 11.6 Å². The van der Waals surface area contributed by atoms with Crippen LogP contribution < -0.4 is 0 Å². The molecular formula is C27H24F2. The highest BCUT2D eigenvalue weighted by Crippen LogP contribution is 2.28. The maximum atomic E-state index is 13.6. The van der Waals surface area contributed by atoms with E-state index in [0.717, 1.165) is 17.5 Å². The number of halogens is 2. The van der Waals surface area contributed by atoms with Crippen molar-refractivity contribution in [2.45, 2.75) is 32.6 Å². The Bertz CT molecular complexity index is 1110. The number of hydrogen-bond donors (Lipinski definition) is 0. The first-order chi connectivity index (χ1) is 14.1. The van der Waals surface area contributed by atoms with E-state index in [9.17, 15) is 8.78 Å². The summed E-state index contributed by atoms with van der Waals surface area (Å²) in [6.07, 6.45) is 4.90. The fourth-order valence-corrected chi connectivity index (χ4v) is 3.72. The number of unbranched alkanes of at least 4 members (excludes halogenated alkanes) is 2. The summed E-state index contributed by atoms with van der Waals surface area (Å²) in [6.45, 7) is 2.22. The number of benzene rings is 4. The maximum Gasteiger partial charge on any atom is 0.159 e. The van der Waals surface area contributed by atoms with Gasteiger partial charge in [-0.15, -0.1) is 0 Å². The first-order valence-corrected chi connectivity index (χ1v) is 10.2. The molecule has 0 N–H and O–H groups in total. The second-order valence-corrected chi connectivity index (χ2v) is 7.56. The van der Waals surface area contributed by atoms with E-state index in [1.807, 2.05) is 18.2 Å². The van der Waals surface area contributed by atoms with Gasteiger partial charge in [0.15, 0.2) is 11.6 Å². The Balaban J connectivity index is 1.54. The molecular weight excluding hydrogens is 362 g/mol. The second kappa shape index (κ2) is 8.57. The van der Waals surface area contributed by atoms with Gasteiger partial charge in [0, 0.05) is 0 Å². The zero-order valence-electron chi connectivity index (χ0n) is 16.6. The quantitative estimate of drug-likeness (QED) is 0.293. The molecule has 0 nitrogen and oxygen atoms in total. The summed E-state index contributed by atoms with van der Waals surface area (Å²) in [4.78, 5) is 0. The van der Waals surface area contributed by atoms with E-state index in [1.165, 1.54) is 48.1 Å². The summed E-state index contributed by atoms with van der Waals surface area (Å²) in [7, 11) is 0. The zero-order chi connectivity index (χ0) is 20.2. The Morgan fingerprint density at radius 1 is 0.552 bits per heavy atom. The van der Waals surface area contributed by atoms with E-state index in [-0.39, 0.29) is 0 Å². The van der Waals surface area contributed by atoms with E-state index in [4.69, 9.17) is 0 Å². The average molecular weight is 386 g/mol. The van der Waals surface area contributed by atoms with Crippen LogP contribution in [0.25, 0.3) is 33.0 Å². The largest absolute Gasteiger partial charge is 0.204 e. The zero-order valence-corrected chi connectivity index (χ0v) is 16.6. The molecule has 0 amide bonds. The summed E-state index contributed by atoms with van der Waals surface area (Å²) in [5.41, 5.74) is 5.80. The maximum absolute atomic E-state index is 13.6. The van der Waals surface area contributed by atoms with Crippen molar-refractivity contribution in [2.75, 3.05) is 0 Å². The van der Waals surface area contributed by atoms with E-state index in [0.29, 0.717) is 10.8 Å². The minimum Gasteiger partial charge on any atom is -0.204 e. The third-order valence-corrected chi connectivity index (χ3v) is 5.45. The molecule has 0 aromatic heterocycles. The van der Waals surface area contributed by atoms with Crippen molar-refractivity contribution in [2.24, 2.45) is 0 Å². The predicted octanol–water partition coefficient (Wildman–Crippen LogP) is 8.18. The summed E-state index contributed by atoms with van der Waals surface area (Å²) < 4.78 is 27.0. The van der Waals surface area contributed by atoms with Crippen molar-refractivity contribution in [3.63, 3.8) is 0 Å². The molecule has 0 aliphatic carbocycles. The molecule has 0 aliphatic heterocycles. The smallest absolute Gasteiger partial charge is 0.159 e. The van der Waals surface area contributed by atoms with Crippen molar-refractivity contribution in [1.82, 2.24) is 0 Å². The van der Waals surface area contributed by atoms with E-state index in [1.54, 1.807) is 0 Å². The molecule has 4 rings (SSSR count). The molecule has 2 heteroatoms. The van der Waals surface area contributed by atoms with Crippen LogP contribution in [0, 0.1) is 11.6 Å². The minimum atomic E-state index is -0.817. The first-order valence-electron chi connectivity index (χ1n) is 10.2. The number of hydrogen-bond acceptors (Lipinski definition) is 0. The van der Waals surface area contributed by atoms with E-state index >= 15 is 0 Å². The SMILES string of the molecule is CCCCCc1ccc(-c2ccc(-c3ccc4cc(F)c(F)cc4c3)cc2)cc1. The van der Waals surface area contributed by atoms with Crippen LogP contribution in [0.1, 0.15) is 31.7 Å². The fraction of sp³-hybridized carbons (Fsp3) is 0.185. The lowest BCUT2D eigenvalue weighted by Crippen LogP contribution is -1.87. The molecule has 0 unspecified atom stereocenters. The summed E-state index contributed by atoms with van der Waals surface area (Å²) >= 11 is 0.